The fourth-order valence-electron chi connectivity index (χ4n) is 2.17. The second-order valence-corrected chi connectivity index (χ2v) is 6.27. The van der Waals surface area contributed by atoms with E-state index in [0.717, 1.165) is 0 Å². The van der Waals surface area contributed by atoms with Crippen molar-refractivity contribution in [3.8, 4) is 0 Å². The summed E-state index contributed by atoms with van der Waals surface area (Å²) in [5.74, 6) is -16.5. The first-order valence-electron chi connectivity index (χ1n) is 6.59. The number of carboxylic acids is 2. The van der Waals surface area contributed by atoms with Crippen LogP contribution in [0.2, 0.25) is 0 Å². The quantitative estimate of drug-likeness (QED) is 0.273. The van der Waals surface area contributed by atoms with Gasteiger partial charge in [-0.25, -0.2) is 22.0 Å². The zero-order chi connectivity index (χ0) is 19.5. The Hall–Kier alpha value is -2.13. The molecule has 3 N–H and O–H groups in total. The first-order chi connectivity index (χ1) is 11.5. The van der Waals surface area contributed by atoms with Gasteiger partial charge in [0.1, 0.15) is 5.92 Å². The number of carboxylic acid groups (broad SMARTS) is 2. The summed E-state index contributed by atoms with van der Waals surface area (Å²) in [4.78, 5) is 30.9. The molecule has 0 saturated heterocycles. The number of rotatable bonds is 8. The summed E-state index contributed by atoms with van der Waals surface area (Å²) in [5.41, 5.74) is -3.40. The van der Waals surface area contributed by atoms with Gasteiger partial charge < -0.3 is 10.2 Å². The van der Waals surface area contributed by atoms with E-state index >= 15 is 0 Å². The molecule has 0 spiro atoms. The minimum atomic E-state index is -3.44. The molecular weight excluding hydrogens is 378 g/mol. The van der Waals surface area contributed by atoms with E-state index in [1.807, 2.05) is 0 Å². The Morgan fingerprint density at radius 3 is 1.72 bits per heavy atom. The lowest BCUT2D eigenvalue weighted by atomic mass is 9.93. The smallest absolute Gasteiger partial charge is 0.481 e. The highest BCUT2D eigenvalue weighted by atomic mass is 31.1. The molecule has 1 aromatic rings. The van der Waals surface area contributed by atoms with Crippen molar-refractivity contribution in [2.24, 2.45) is 5.92 Å². The summed E-state index contributed by atoms with van der Waals surface area (Å²) in [6, 6.07) is 0. The summed E-state index contributed by atoms with van der Waals surface area (Å²) in [7, 11) is -3.44. The third-order valence-corrected chi connectivity index (χ3v) is 4.56. The van der Waals surface area contributed by atoms with Crippen LogP contribution in [0.4, 0.5) is 22.0 Å². The number of hydrogen-bond donors (Lipinski definition) is 3. The number of carbonyl (C=O) groups is 2. The zero-order valence-corrected chi connectivity index (χ0v) is 13.1. The molecule has 0 fully saturated rings. The molecule has 0 radical (unpaired) electrons. The minimum absolute atomic E-state index is 0.674. The SMILES string of the molecule is O=C(O)CCC(C(=O)O)C(Cc1c(F)c(F)c(F)c(F)c1F)[P+](=O)O. The van der Waals surface area contributed by atoms with Crippen LogP contribution in [0.3, 0.4) is 0 Å². The van der Waals surface area contributed by atoms with Crippen LogP contribution in [0.25, 0.3) is 0 Å². The fourth-order valence-corrected chi connectivity index (χ4v) is 3.10. The maximum atomic E-state index is 13.7. The summed E-state index contributed by atoms with van der Waals surface area (Å²) in [6.07, 6.45) is -2.67. The third-order valence-electron chi connectivity index (χ3n) is 3.45. The number of aliphatic carboxylic acids is 2. The molecule has 12 heteroatoms. The van der Waals surface area contributed by atoms with Crippen LogP contribution < -0.4 is 0 Å². The van der Waals surface area contributed by atoms with Gasteiger partial charge in [-0.2, -0.15) is 4.89 Å². The van der Waals surface area contributed by atoms with Gasteiger partial charge in [-0.15, -0.1) is 0 Å². The molecule has 0 aliphatic rings. The molecule has 3 atom stereocenters. The van der Waals surface area contributed by atoms with Crippen molar-refractivity contribution in [3.05, 3.63) is 34.6 Å². The molecule has 138 valence electrons. The lowest BCUT2D eigenvalue weighted by Gasteiger charge is -2.15. The predicted octanol–water partition coefficient (Wildman–Crippen LogP) is 2.59. The molecule has 0 bridgehead atoms. The summed E-state index contributed by atoms with van der Waals surface area (Å²) in [6.45, 7) is 0. The van der Waals surface area contributed by atoms with Crippen LogP contribution in [0.15, 0.2) is 0 Å². The van der Waals surface area contributed by atoms with Gasteiger partial charge in [0.2, 0.25) is 11.5 Å². The van der Waals surface area contributed by atoms with Crippen LogP contribution in [0.5, 0.6) is 0 Å². The van der Waals surface area contributed by atoms with Gasteiger partial charge in [0.25, 0.3) is 0 Å². The van der Waals surface area contributed by atoms with E-state index in [4.69, 9.17) is 10.2 Å². The monoisotopic (exact) mass is 389 g/mol. The van der Waals surface area contributed by atoms with Gasteiger partial charge in [0.05, 0.1) is 0 Å². The zero-order valence-electron chi connectivity index (χ0n) is 12.2. The largest absolute Gasteiger partial charge is 0.509 e. The highest BCUT2D eigenvalue weighted by Crippen LogP contribution is 2.36. The van der Waals surface area contributed by atoms with Gasteiger partial charge in [0.15, 0.2) is 23.3 Å². The Morgan fingerprint density at radius 1 is 0.920 bits per heavy atom. The molecule has 6 nitrogen and oxygen atoms in total. The van der Waals surface area contributed by atoms with E-state index in [1.165, 1.54) is 0 Å². The lowest BCUT2D eigenvalue weighted by Crippen LogP contribution is -2.29. The first kappa shape index (κ1) is 20.9. The Kier molecular flexibility index (Phi) is 6.95. The molecule has 1 aromatic carbocycles. The predicted molar refractivity (Wildman–Crippen MR) is 71.5 cm³/mol. The Bertz CT molecular complexity index is 696. The first-order valence-corrected chi connectivity index (χ1v) is 7.87. The van der Waals surface area contributed by atoms with E-state index in [0.29, 0.717) is 0 Å². The number of hydrogen-bond acceptors (Lipinski definition) is 3. The maximum Gasteiger partial charge on any atom is 0.509 e. The van der Waals surface area contributed by atoms with Crippen LogP contribution in [-0.4, -0.2) is 32.7 Å². The average molecular weight is 389 g/mol. The summed E-state index contributed by atoms with van der Waals surface area (Å²) in [5, 5.41) is 17.6. The second kappa shape index (κ2) is 8.30. The van der Waals surface area contributed by atoms with Crippen LogP contribution in [0.1, 0.15) is 18.4 Å². The van der Waals surface area contributed by atoms with Crippen LogP contribution >= 0.6 is 8.03 Å². The molecule has 3 unspecified atom stereocenters. The highest BCUT2D eigenvalue weighted by molar-refractivity contribution is 7.39. The topological polar surface area (TPSA) is 112 Å². The number of halogens is 5. The molecule has 0 aliphatic carbocycles. The Balaban J connectivity index is 3.32. The van der Waals surface area contributed by atoms with E-state index in [9.17, 15) is 41.0 Å². The van der Waals surface area contributed by atoms with E-state index < -0.39 is 85.5 Å². The van der Waals surface area contributed by atoms with Gasteiger partial charge in [0, 0.05) is 18.4 Å². The molecule has 0 amide bonds. The molecule has 25 heavy (non-hydrogen) atoms. The highest BCUT2D eigenvalue weighted by Gasteiger charge is 2.44. The van der Waals surface area contributed by atoms with Crippen molar-refractivity contribution in [2.75, 3.05) is 0 Å². The fraction of sp³-hybridized carbons (Fsp3) is 0.385. The van der Waals surface area contributed by atoms with Crippen molar-refractivity contribution < 1.29 is 51.2 Å². The van der Waals surface area contributed by atoms with Crippen LogP contribution in [0, 0.1) is 35.0 Å². The summed E-state index contributed by atoms with van der Waals surface area (Å²) >= 11 is 0. The maximum absolute atomic E-state index is 13.7. The van der Waals surface area contributed by atoms with Gasteiger partial charge in [-0.05, 0) is 11.0 Å². The van der Waals surface area contributed by atoms with Crippen molar-refractivity contribution in [1.82, 2.24) is 0 Å². The van der Waals surface area contributed by atoms with Crippen molar-refractivity contribution >= 4 is 20.0 Å². The lowest BCUT2D eigenvalue weighted by molar-refractivity contribution is -0.143. The minimum Gasteiger partial charge on any atom is -0.481 e. The van der Waals surface area contributed by atoms with Crippen molar-refractivity contribution in [3.63, 3.8) is 0 Å². The number of benzene rings is 1. The Labute approximate surface area is 137 Å². The standard InChI is InChI=1S/C13H10F5O6P/c14-8-5(9(15)11(17)12(18)10(8)16)3-6(25(23)24)4(13(21)22)1-2-7(19)20/h4,6H,1-3H2,(H2-,19,20,21,22,23,24)/p+1. The molecule has 0 aliphatic heterocycles. The molecule has 0 saturated carbocycles. The molecule has 1 rings (SSSR count). The third kappa shape index (κ3) is 4.70. The van der Waals surface area contributed by atoms with E-state index in [-0.39, 0.29) is 0 Å². The van der Waals surface area contributed by atoms with E-state index in [1.54, 1.807) is 0 Å². The Morgan fingerprint density at radius 2 is 1.36 bits per heavy atom. The van der Waals surface area contributed by atoms with E-state index in [2.05, 4.69) is 0 Å². The van der Waals surface area contributed by atoms with Crippen LogP contribution in [-0.2, 0) is 20.6 Å². The average Bonchev–Trinajstić information content (AvgIpc) is 2.52. The van der Waals surface area contributed by atoms with Gasteiger partial charge in [-0.3, -0.25) is 9.59 Å². The molecule has 0 heterocycles. The molecule has 0 aromatic heterocycles. The summed E-state index contributed by atoms with van der Waals surface area (Å²) < 4.78 is 78.1. The normalized spacial score (nSPS) is 14.1. The van der Waals surface area contributed by atoms with Gasteiger partial charge >= 0.3 is 20.0 Å². The van der Waals surface area contributed by atoms with Crippen molar-refractivity contribution in [1.29, 1.82) is 0 Å². The second-order valence-electron chi connectivity index (χ2n) is 5.00. The van der Waals surface area contributed by atoms with Crippen molar-refractivity contribution in [2.45, 2.75) is 24.9 Å². The molecular formula is C13H11F5O6P+. The van der Waals surface area contributed by atoms with Gasteiger partial charge in [-0.1, -0.05) is 0 Å².